The number of carbonyl (C=O) groups is 1. The number of nitrogens with one attached hydrogen (secondary N) is 1. The van der Waals surface area contributed by atoms with E-state index in [2.05, 4.69) is 4.72 Å². The first-order valence-corrected chi connectivity index (χ1v) is 8.77. The Bertz CT molecular complexity index is 774. The van der Waals surface area contributed by atoms with Crippen molar-refractivity contribution in [1.29, 1.82) is 0 Å². The van der Waals surface area contributed by atoms with Gasteiger partial charge in [0.15, 0.2) is 0 Å². The van der Waals surface area contributed by atoms with Crippen molar-refractivity contribution in [3.63, 3.8) is 0 Å². The molecule has 23 heavy (non-hydrogen) atoms. The van der Waals surface area contributed by atoms with E-state index in [9.17, 15) is 13.2 Å². The van der Waals surface area contributed by atoms with E-state index in [0.717, 1.165) is 0 Å². The number of sulfonamides is 1. The Kier molecular flexibility index (Phi) is 6.01. The number of ether oxygens (including phenoxy) is 1. The maximum absolute atomic E-state index is 12.0. The van der Waals surface area contributed by atoms with E-state index >= 15 is 0 Å². The van der Waals surface area contributed by atoms with Gasteiger partial charge in [-0.3, -0.25) is 4.79 Å². The molecule has 0 unspecified atom stereocenters. The summed E-state index contributed by atoms with van der Waals surface area (Å²) in [6, 6.07) is 12.6. The molecule has 0 amide bonds. The van der Waals surface area contributed by atoms with Gasteiger partial charge in [0.25, 0.3) is 0 Å². The van der Waals surface area contributed by atoms with Crippen LogP contribution in [0.5, 0.6) is 0 Å². The number of carbonyl (C=O) groups excluding carboxylic acids is 1. The molecule has 0 bridgehead atoms. The van der Waals surface area contributed by atoms with E-state index in [0.29, 0.717) is 15.6 Å². The molecular weight excluding hydrogens is 361 g/mol. The van der Waals surface area contributed by atoms with Gasteiger partial charge in [0.2, 0.25) is 10.0 Å². The molecule has 0 atom stereocenters. The molecule has 0 heterocycles. The number of hydrogen-bond donors (Lipinski definition) is 1. The molecule has 0 aromatic heterocycles. The second kappa shape index (κ2) is 7.79. The van der Waals surface area contributed by atoms with Crippen LogP contribution in [0.2, 0.25) is 10.0 Å². The normalized spacial score (nSPS) is 11.2. The van der Waals surface area contributed by atoms with Crippen LogP contribution in [0, 0.1) is 0 Å². The fourth-order valence-electron chi connectivity index (χ4n) is 1.71. The van der Waals surface area contributed by atoms with Crippen molar-refractivity contribution in [2.24, 2.45) is 0 Å². The lowest BCUT2D eigenvalue weighted by atomic mass is 10.2. The van der Waals surface area contributed by atoms with E-state index in [1.54, 1.807) is 36.4 Å². The lowest BCUT2D eigenvalue weighted by Gasteiger charge is -2.09. The zero-order valence-electron chi connectivity index (χ0n) is 11.8. The average Bonchev–Trinajstić information content (AvgIpc) is 2.53. The SMILES string of the molecule is O=C(CNS(=O)(=O)c1ccccc1)OCc1c(Cl)cccc1Cl. The molecule has 0 radical (unpaired) electrons. The minimum absolute atomic E-state index is 0.0712. The van der Waals surface area contributed by atoms with Gasteiger partial charge in [-0.1, -0.05) is 47.5 Å². The van der Waals surface area contributed by atoms with Crippen molar-refractivity contribution >= 4 is 39.2 Å². The molecule has 0 saturated carbocycles. The topological polar surface area (TPSA) is 72.5 Å². The minimum atomic E-state index is -3.76. The molecule has 5 nitrogen and oxygen atoms in total. The van der Waals surface area contributed by atoms with Crippen LogP contribution >= 0.6 is 23.2 Å². The zero-order chi connectivity index (χ0) is 16.9. The first-order valence-electron chi connectivity index (χ1n) is 6.53. The number of rotatable bonds is 6. The third kappa shape index (κ3) is 4.94. The second-order valence-corrected chi connectivity index (χ2v) is 7.08. The summed E-state index contributed by atoms with van der Waals surface area (Å²) in [6.07, 6.45) is 0. The van der Waals surface area contributed by atoms with Crippen LogP contribution < -0.4 is 4.72 Å². The van der Waals surface area contributed by atoms with Crippen LogP contribution in [-0.2, 0) is 26.2 Å². The Morgan fingerprint density at radius 2 is 1.61 bits per heavy atom. The summed E-state index contributed by atoms with van der Waals surface area (Å²) >= 11 is 11.9. The van der Waals surface area contributed by atoms with Crippen LogP contribution in [-0.4, -0.2) is 20.9 Å². The average molecular weight is 374 g/mol. The molecule has 0 aliphatic carbocycles. The van der Waals surface area contributed by atoms with Crippen LogP contribution in [0.4, 0.5) is 0 Å². The first kappa shape index (κ1) is 17.7. The predicted octanol–water partition coefficient (Wildman–Crippen LogP) is 3.02. The predicted molar refractivity (Wildman–Crippen MR) is 87.9 cm³/mol. The fourth-order valence-corrected chi connectivity index (χ4v) is 3.21. The summed E-state index contributed by atoms with van der Waals surface area (Å²) in [4.78, 5) is 11.8. The van der Waals surface area contributed by atoms with Crippen molar-refractivity contribution in [3.8, 4) is 0 Å². The van der Waals surface area contributed by atoms with Gasteiger partial charge in [0.1, 0.15) is 13.2 Å². The van der Waals surface area contributed by atoms with Crippen LogP contribution in [0.3, 0.4) is 0 Å². The molecule has 0 fully saturated rings. The quantitative estimate of drug-likeness (QED) is 0.789. The molecule has 1 N–H and O–H groups in total. The molecule has 0 saturated heterocycles. The monoisotopic (exact) mass is 373 g/mol. The van der Waals surface area contributed by atoms with Crippen molar-refractivity contribution in [2.45, 2.75) is 11.5 Å². The van der Waals surface area contributed by atoms with Gasteiger partial charge in [-0.15, -0.1) is 0 Å². The van der Waals surface area contributed by atoms with Crippen molar-refractivity contribution in [1.82, 2.24) is 4.72 Å². The van der Waals surface area contributed by atoms with Gasteiger partial charge in [-0.2, -0.15) is 4.72 Å². The van der Waals surface area contributed by atoms with Gasteiger partial charge < -0.3 is 4.74 Å². The molecule has 122 valence electrons. The Labute approximate surface area is 144 Å². The van der Waals surface area contributed by atoms with E-state index in [4.69, 9.17) is 27.9 Å². The van der Waals surface area contributed by atoms with Crippen molar-refractivity contribution in [3.05, 3.63) is 64.1 Å². The van der Waals surface area contributed by atoms with Crippen molar-refractivity contribution in [2.75, 3.05) is 6.54 Å². The van der Waals surface area contributed by atoms with Crippen LogP contribution in [0.15, 0.2) is 53.4 Å². The smallest absolute Gasteiger partial charge is 0.321 e. The highest BCUT2D eigenvalue weighted by molar-refractivity contribution is 7.89. The van der Waals surface area contributed by atoms with E-state index in [1.165, 1.54) is 12.1 Å². The van der Waals surface area contributed by atoms with E-state index < -0.39 is 22.5 Å². The van der Waals surface area contributed by atoms with E-state index in [-0.39, 0.29) is 11.5 Å². The molecule has 0 spiro atoms. The van der Waals surface area contributed by atoms with E-state index in [1.807, 2.05) is 0 Å². The highest BCUT2D eigenvalue weighted by Gasteiger charge is 2.16. The van der Waals surface area contributed by atoms with Gasteiger partial charge in [0.05, 0.1) is 4.90 Å². The van der Waals surface area contributed by atoms with Crippen LogP contribution in [0.25, 0.3) is 0 Å². The highest BCUT2D eigenvalue weighted by Crippen LogP contribution is 2.24. The Morgan fingerprint density at radius 3 is 2.22 bits per heavy atom. The minimum Gasteiger partial charge on any atom is -0.460 e. The summed E-state index contributed by atoms with van der Waals surface area (Å²) in [7, 11) is -3.76. The maximum Gasteiger partial charge on any atom is 0.321 e. The Hall–Kier alpha value is -1.60. The fraction of sp³-hybridized carbons (Fsp3) is 0.133. The summed E-state index contributed by atoms with van der Waals surface area (Å²) in [6.45, 7) is -0.621. The third-order valence-corrected chi connectivity index (χ3v) is 5.02. The maximum atomic E-state index is 12.0. The first-order chi connectivity index (χ1) is 10.9. The summed E-state index contributed by atoms with van der Waals surface area (Å²) in [5, 5.41) is 0.741. The number of hydrogen-bond acceptors (Lipinski definition) is 4. The summed E-state index contributed by atoms with van der Waals surface area (Å²) in [5.41, 5.74) is 0.468. The molecule has 0 aliphatic rings. The standard InChI is InChI=1S/C15H13Cl2NO4S/c16-13-7-4-8-14(17)12(13)10-22-15(19)9-18-23(20,21)11-5-2-1-3-6-11/h1-8,18H,9-10H2. The van der Waals surface area contributed by atoms with Gasteiger partial charge >= 0.3 is 5.97 Å². The van der Waals surface area contributed by atoms with Crippen molar-refractivity contribution < 1.29 is 17.9 Å². The molecule has 2 rings (SSSR count). The number of esters is 1. The van der Waals surface area contributed by atoms with Gasteiger partial charge in [-0.25, -0.2) is 8.42 Å². The zero-order valence-corrected chi connectivity index (χ0v) is 14.2. The molecular formula is C15H13Cl2NO4S. The molecule has 0 aliphatic heterocycles. The van der Waals surface area contributed by atoms with Crippen LogP contribution in [0.1, 0.15) is 5.56 Å². The lowest BCUT2D eigenvalue weighted by molar-refractivity contribution is -0.143. The number of benzene rings is 2. The van der Waals surface area contributed by atoms with Gasteiger partial charge in [-0.05, 0) is 24.3 Å². The molecule has 8 heteroatoms. The second-order valence-electron chi connectivity index (χ2n) is 4.50. The summed E-state index contributed by atoms with van der Waals surface area (Å²) < 4.78 is 31.1. The molecule has 2 aromatic carbocycles. The van der Waals surface area contributed by atoms with Gasteiger partial charge in [0, 0.05) is 15.6 Å². The Morgan fingerprint density at radius 1 is 1.00 bits per heavy atom. The third-order valence-electron chi connectivity index (χ3n) is 2.90. The number of halogens is 2. The Balaban J connectivity index is 1.91. The largest absolute Gasteiger partial charge is 0.460 e. The lowest BCUT2D eigenvalue weighted by Crippen LogP contribution is -2.30. The summed E-state index contributed by atoms with van der Waals surface area (Å²) in [5.74, 6) is -0.736. The molecule has 2 aromatic rings. The highest BCUT2D eigenvalue weighted by atomic mass is 35.5.